The van der Waals surface area contributed by atoms with Crippen LogP contribution in [0, 0.1) is 6.92 Å². The first kappa shape index (κ1) is 13.9. The van der Waals surface area contributed by atoms with Gasteiger partial charge in [0.1, 0.15) is 0 Å². The Morgan fingerprint density at radius 1 is 1.26 bits per heavy atom. The van der Waals surface area contributed by atoms with Gasteiger partial charge in [-0.25, -0.2) is 0 Å². The number of nitrogen functional groups attached to an aromatic ring is 1. The summed E-state index contributed by atoms with van der Waals surface area (Å²) in [5, 5.41) is 3.20. The summed E-state index contributed by atoms with van der Waals surface area (Å²) in [6.07, 6.45) is 0. The van der Waals surface area contributed by atoms with E-state index in [-0.39, 0.29) is 5.91 Å². The third-order valence-electron chi connectivity index (χ3n) is 2.62. The zero-order chi connectivity index (χ0) is 14.0. The molecule has 0 aliphatic rings. The van der Waals surface area contributed by atoms with Crippen molar-refractivity contribution < 1.29 is 4.79 Å². The van der Waals surface area contributed by atoms with Crippen LogP contribution >= 0.6 is 27.5 Å². The van der Waals surface area contributed by atoms with E-state index >= 15 is 0 Å². The molecule has 0 aromatic heterocycles. The van der Waals surface area contributed by atoms with Crippen LogP contribution in [0.25, 0.3) is 0 Å². The number of hydrogen-bond acceptors (Lipinski definition) is 2. The summed E-state index contributed by atoms with van der Waals surface area (Å²) in [4.78, 5) is 12.2. The lowest BCUT2D eigenvalue weighted by Gasteiger charge is -2.09. The molecule has 0 fully saturated rings. The van der Waals surface area contributed by atoms with Crippen LogP contribution in [0.1, 0.15) is 15.9 Å². The highest BCUT2D eigenvalue weighted by molar-refractivity contribution is 9.10. The molecular weight excluding hydrogens is 328 g/mol. The van der Waals surface area contributed by atoms with Gasteiger partial charge in [0.2, 0.25) is 0 Å². The van der Waals surface area contributed by atoms with Gasteiger partial charge < -0.3 is 11.1 Å². The van der Waals surface area contributed by atoms with E-state index < -0.39 is 0 Å². The number of nitrogens with one attached hydrogen (secondary N) is 1. The molecule has 2 rings (SSSR count). The summed E-state index contributed by atoms with van der Waals surface area (Å²) in [5.41, 5.74) is 8.31. The maximum Gasteiger partial charge on any atom is 0.256 e. The van der Waals surface area contributed by atoms with E-state index in [4.69, 9.17) is 17.3 Å². The third-order valence-corrected chi connectivity index (χ3v) is 3.64. The van der Waals surface area contributed by atoms with Crippen LogP contribution in [0.15, 0.2) is 40.9 Å². The van der Waals surface area contributed by atoms with Gasteiger partial charge in [0.25, 0.3) is 5.91 Å². The van der Waals surface area contributed by atoms with Gasteiger partial charge in [-0.05, 0) is 53.2 Å². The van der Waals surface area contributed by atoms with Crippen LogP contribution in [0.4, 0.5) is 11.4 Å². The molecule has 0 aliphatic heterocycles. The van der Waals surface area contributed by atoms with E-state index in [0.29, 0.717) is 22.0 Å². The number of carbonyl (C=O) groups excluding carboxylic acids is 1. The first-order valence-electron chi connectivity index (χ1n) is 5.60. The Morgan fingerprint density at radius 2 is 2.00 bits per heavy atom. The lowest BCUT2D eigenvalue weighted by atomic mass is 10.1. The molecule has 0 spiro atoms. The number of nitrogens with two attached hydrogens (primary N) is 1. The predicted molar refractivity (Wildman–Crippen MR) is 82.7 cm³/mol. The predicted octanol–water partition coefficient (Wildman–Crippen LogP) is 4.25. The average Bonchev–Trinajstić information content (AvgIpc) is 2.36. The van der Waals surface area contributed by atoms with Gasteiger partial charge in [-0.3, -0.25) is 4.79 Å². The van der Waals surface area contributed by atoms with Crippen molar-refractivity contribution >= 4 is 44.8 Å². The first-order valence-corrected chi connectivity index (χ1v) is 6.77. The number of aryl methyl sites for hydroxylation is 1. The largest absolute Gasteiger partial charge is 0.398 e. The smallest absolute Gasteiger partial charge is 0.256 e. The zero-order valence-corrected chi connectivity index (χ0v) is 12.5. The van der Waals surface area contributed by atoms with Crippen molar-refractivity contribution in [3.8, 4) is 0 Å². The van der Waals surface area contributed by atoms with Gasteiger partial charge in [0.15, 0.2) is 0 Å². The highest BCUT2D eigenvalue weighted by atomic mass is 79.9. The van der Waals surface area contributed by atoms with E-state index in [1.165, 1.54) is 0 Å². The Bertz CT molecular complexity index is 643. The fourth-order valence-corrected chi connectivity index (χ4v) is 2.22. The maximum atomic E-state index is 12.2. The summed E-state index contributed by atoms with van der Waals surface area (Å²) in [6, 6.07) is 10.6. The third kappa shape index (κ3) is 3.28. The summed E-state index contributed by atoms with van der Waals surface area (Å²) >= 11 is 9.28. The van der Waals surface area contributed by atoms with Crippen molar-refractivity contribution in [3.05, 3.63) is 57.0 Å². The second kappa shape index (κ2) is 5.63. The number of rotatable bonds is 2. The molecule has 0 atom stereocenters. The topological polar surface area (TPSA) is 55.1 Å². The van der Waals surface area contributed by atoms with E-state index in [0.717, 1.165) is 10.0 Å². The molecule has 0 aliphatic carbocycles. The summed E-state index contributed by atoms with van der Waals surface area (Å²) in [6.45, 7) is 1.93. The minimum atomic E-state index is -0.198. The van der Waals surface area contributed by atoms with Crippen LogP contribution in [0.5, 0.6) is 0 Å². The fraction of sp³-hybridized carbons (Fsp3) is 0.0714. The van der Waals surface area contributed by atoms with Crippen molar-refractivity contribution in [1.82, 2.24) is 0 Å². The van der Waals surface area contributed by atoms with Crippen molar-refractivity contribution in [2.75, 3.05) is 11.1 Å². The average molecular weight is 340 g/mol. The van der Waals surface area contributed by atoms with Gasteiger partial charge in [0, 0.05) is 10.2 Å². The Hall–Kier alpha value is -1.52. The van der Waals surface area contributed by atoms with Crippen molar-refractivity contribution in [2.45, 2.75) is 6.92 Å². The van der Waals surface area contributed by atoms with Gasteiger partial charge >= 0.3 is 0 Å². The molecule has 0 radical (unpaired) electrons. The molecule has 2 aromatic carbocycles. The summed E-state index contributed by atoms with van der Waals surface area (Å²) in [5.74, 6) is -0.198. The molecule has 98 valence electrons. The highest BCUT2D eigenvalue weighted by Crippen LogP contribution is 2.24. The molecule has 0 saturated carbocycles. The molecule has 1 amide bonds. The number of carbonyl (C=O) groups is 1. The minimum absolute atomic E-state index is 0.198. The molecule has 0 heterocycles. The van der Waals surface area contributed by atoms with E-state index in [2.05, 4.69) is 21.2 Å². The van der Waals surface area contributed by atoms with Crippen LogP contribution in [-0.2, 0) is 0 Å². The van der Waals surface area contributed by atoms with Crippen molar-refractivity contribution in [2.24, 2.45) is 0 Å². The van der Waals surface area contributed by atoms with E-state index in [9.17, 15) is 4.79 Å². The Balaban J connectivity index is 2.25. The minimum Gasteiger partial charge on any atom is -0.398 e. The van der Waals surface area contributed by atoms with Gasteiger partial charge in [-0.1, -0.05) is 23.2 Å². The normalized spacial score (nSPS) is 10.3. The van der Waals surface area contributed by atoms with Gasteiger partial charge in [-0.2, -0.15) is 0 Å². The maximum absolute atomic E-state index is 12.2. The monoisotopic (exact) mass is 338 g/mol. The first-order chi connectivity index (χ1) is 8.97. The number of hydrogen-bond donors (Lipinski definition) is 2. The Kier molecular flexibility index (Phi) is 4.12. The standard InChI is InChI=1S/C14H12BrClN2O/c1-8-2-4-11(15)10(6-8)14(19)18-9-3-5-13(17)12(16)7-9/h2-7H,17H2,1H3,(H,18,19). The van der Waals surface area contributed by atoms with E-state index in [1.54, 1.807) is 18.2 Å². The van der Waals surface area contributed by atoms with Crippen LogP contribution in [-0.4, -0.2) is 5.91 Å². The Labute approximate surface area is 124 Å². The van der Waals surface area contributed by atoms with Crippen molar-refractivity contribution in [1.29, 1.82) is 0 Å². The lowest BCUT2D eigenvalue weighted by molar-refractivity contribution is 0.102. The molecule has 0 saturated heterocycles. The quantitative estimate of drug-likeness (QED) is 0.804. The van der Waals surface area contributed by atoms with Crippen LogP contribution < -0.4 is 11.1 Å². The molecule has 0 unspecified atom stereocenters. The second-order valence-corrected chi connectivity index (χ2v) is 5.44. The van der Waals surface area contributed by atoms with Crippen LogP contribution in [0.3, 0.4) is 0 Å². The number of amides is 1. The van der Waals surface area contributed by atoms with E-state index in [1.807, 2.05) is 25.1 Å². The summed E-state index contributed by atoms with van der Waals surface area (Å²) in [7, 11) is 0. The fourth-order valence-electron chi connectivity index (χ4n) is 1.62. The molecule has 19 heavy (non-hydrogen) atoms. The molecule has 2 aromatic rings. The zero-order valence-electron chi connectivity index (χ0n) is 10.2. The molecule has 3 N–H and O–H groups in total. The number of anilines is 2. The molecule has 5 heteroatoms. The molecular formula is C14H12BrClN2O. The Morgan fingerprint density at radius 3 is 2.68 bits per heavy atom. The molecule has 0 bridgehead atoms. The van der Waals surface area contributed by atoms with Crippen molar-refractivity contribution in [3.63, 3.8) is 0 Å². The molecule has 3 nitrogen and oxygen atoms in total. The summed E-state index contributed by atoms with van der Waals surface area (Å²) < 4.78 is 0.747. The number of benzene rings is 2. The second-order valence-electron chi connectivity index (χ2n) is 4.17. The SMILES string of the molecule is Cc1ccc(Br)c(C(=O)Nc2ccc(N)c(Cl)c2)c1. The van der Waals surface area contributed by atoms with Crippen LogP contribution in [0.2, 0.25) is 5.02 Å². The van der Waals surface area contributed by atoms with Gasteiger partial charge in [0.05, 0.1) is 16.3 Å². The van der Waals surface area contributed by atoms with Gasteiger partial charge in [-0.15, -0.1) is 0 Å². The highest BCUT2D eigenvalue weighted by Gasteiger charge is 2.11. The number of halogens is 2. The lowest BCUT2D eigenvalue weighted by Crippen LogP contribution is -2.12.